The van der Waals surface area contributed by atoms with E-state index >= 15 is 0 Å². The highest BCUT2D eigenvalue weighted by Gasteiger charge is 2.07. The van der Waals surface area contributed by atoms with Crippen LogP contribution >= 0.6 is 11.6 Å². The van der Waals surface area contributed by atoms with Crippen molar-refractivity contribution in [3.63, 3.8) is 0 Å². The van der Waals surface area contributed by atoms with Crippen molar-refractivity contribution < 1.29 is 5.11 Å². The molecule has 0 bridgehead atoms. The van der Waals surface area contributed by atoms with Crippen LogP contribution in [-0.4, -0.2) is 21.7 Å². The molecule has 0 saturated carbocycles. The Kier molecular flexibility index (Phi) is 2.97. The number of aliphatic hydroxyl groups is 1. The summed E-state index contributed by atoms with van der Waals surface area (Å²) in [4.78, 5) is 7.92. The normalized spacial score (nSPS) is 13.0. The summed E-state index contributed by atoms with van der Waals surface area (Å²) in [6, 6.07) is -0.478. The second-order valence-corrected chi connectivity index (χ2v) is 2.82. The Labute approximate surface area is 75.4 Å². The molecule has 0 aliphatic carbocycles. The summed E-state index contributed by atoms with van der Waals surface area (Å²) >= 11 is 5.65. The standard InChI is InChI=1S/C7H10ClN3O/c1-4-7(8)10-2-6(11-4)5(9)3-12/h2,5,12H,3,9H2,1H3. The summed E-state index contributed by atoms with van der Waals surface area (Å²) in [5, 5.41) is 9.09. The molecule has 0 saturated heterocycles. The second-order valence-electron chi connectivity index (χ2n) is 2.46. The predicted molar refractivity (Wildman–Crippen MR) is 45.8 cm³/mol. The van der Waals surface area contributed by atoms with Gasteiger partial charge in [-0.1, -0.05) is 11.6 Å². The summed E-state index contributed by atoms with van der Waals surface area (Å²) in [7, 11) is 0. The molecule has 0 aliphatic heterocycles. The molecule has 0 amide bonds. The van der Waals surface area contributed by atoms with Gasteiger partial charge in [0.1, 0.15) is 5.15 Å². The molecule has 1 atom stereocenters. The number of nitrogens with two attached hydrogens (primary N) is 1. The van der Waals surface area contributed by atoms with Crippen LogP contribution in [-0.2, 0) is 0 Å². The van der Waals surface area contributed by atoms with Crippen molar-refractivity contribution in [2.45, 2.75) is 13.0 Å². The minimum absolute atomic E-state index is 0.143. The minimum Gasteiger partial charge on any atom is -0.394 e. The van der Waals surface area contributed by atoms with Gasteiger partial charge in [-0.15, -0.1) is 0 Å². The van der Waals surface area contributed by atoms with E-state index in [1.807, 2.05) is 0 Å². The molecule has 12 heavy (non-hydrogen) atoms. The number of halogens is 1. The van der Waals surface area contributed by atoms with Crippen LogP contribution in [0.4, 0.5) is 0 Å². The van der Waals surface area contributed by atoms with Crippen molar-refractivity contribution in [1.82, 2.24) is 9.97 Å². The smallest absolute Gasteiger partial charge is 0.150 e. The summed E-state index contributed by atoms with van der Waals surface area (Å²) in [6.45, 7) is 1.60. The number of nitrogens with zero attached hydrogens (tertiary/aromatic N) is 2. The van der Waals surface area contributed by atoms with Gasteiger partial charge < -0.3 is 10.8 Å². The molecule has 0 aromatic carbocycles. The van der Waals surface area contributed by atoms with E-state index in [1.165, 1.54) is 6.20 Å². The van der Waals surface area contributed by atoms with E-state index < -0.39 is 6.04 Å². The third kappa shape index (κ3) is 1.91. The first-order chi connectivity index (χ1) is 5.65. The second kappa shape index (κ2) is 3.80. The molecule has 1 aromatic heterocycles. The van der Waals surface area contributed by atoms with Crippen molar-refractivity contribution in [1.29, 1.82) is 0 Å². The van der Waals surface area contributed by atoms with Crippen LogP contribution in [0.15, 0.2) is 6.20 Å². The summed E-state index contributed by atoms with van der Waals surface area (Å²) in [5.41, 5.74) is 6.70. The van der Waals surface area contributed by atoms with Crippen molar-refractivity contribution in [3.05, 3.63) is 22.7 Å². The molecule has 1 rings (SSSR count). The van der Waals surface area contributed by atoms with Gasteiger partial charge in [-0.2, -0.15) is 0 Å². The van der Waals surface area contributed by atoms with E-state index in [0.29, 0.717) is 16.5 Å². The fourth-order valence-electron chi connectivity index (χ4n) is 0.757. The number of aryl methyl sites for hydroxylation is 1. The average molecular weight is 188 g/mol. The molecule has 0 radical (unpaired) electrons. The molecule has 0 fully saturated rings. The van der Waals surface area contributed by atoms with Crippen LogP contribution in [0, 0.1) is 6.92 Å². The third-order valence-electron chi connectivity index (χ3n) is 1.48. The first kappa shape index (κ1) is 9.38. The van der Waals surface area contributed by atoms with Crippen molar-refractivity contribution in [2.24, 2.45) is 5.73 Å². The van der Waals surface area contributed by atoms with Crippen LogP contribution in [0.3, 0.4) is 0 Å². The van der Waals surface area contributed by atoms with E-state index in [9.17, 15) is 0 Å². The Morgan fingerprint density at radius 1 is 1.75 bits per heavy atom. The van der Waals surface area contributed by atoms with Gasteiger partial charge in [-0.05, 0) is 6.92 Å². The quantitative estimate of drug-likeness (QED) is 0.705. The highest BCUT2D eigenvalue weighted by molar-refractivity contribution is 6.29. The van der Waals surface area contributed by atoms with Gasteiger partial charge in [0.25, 0.3) is 0 Å². The summed E-state index contributed by atoms with van der Waals surface area (Å²) < 4.78 is 0. The van der Waals surface area contributed by atoms with Gasteiger partial charge in [0.15, 0.2) is 0 Å². The molecular weight excluding hydrogens is 178 g/mol. The zero-order valence-electron chi connectivity index (χ0n) is 6.66. The Hall–Kier alpha value is -0.710. The van der Waals surface area contributed by atoms with Gasteiger partial charge in [-0.3, -0.25) is 4.98 Å². The van der Waals surface area contributed by atoms with Gasteiger partial charge in [0.05, 0.1) is 30.2 Å². The van der Waals surface area contributed by atoms with Crippen LogP contribution in [0.2, 0.25) is 5.15 Å². The van der Waals surface area contributed by atoms with E-state index in [-0.39, 0.29) is 6.61 Å². The van der Waals surface area contributed by atoms with Crippen LogP contribution in [0.1, 0.15) is 17.4 Å². The molecule has 0 spiro atoms. The Morgan fingerprint density at radius 2 is 2.42 bits per heavy atom. The van der Waals surface area contributed by atoms with Crippen LogP contribution in [0.5, 0.6) is 0 Å². The van der Waals surface area contributed by atoms with Crippen molar-refractivity contribution >= 4 is 11.6 Å². The van der Waals surface area contributed by atoms with E-state index in [4.69, 9.17) is 22.4 Å². The lowest BCUT2D eigenvalue weighted by molar-refractivity contribution is 0.265. The maximum absolute atomic E-state index is 8.72. The molecule has 1 unspecified atom stereocenters. The number of aliphatic hydroxyl groups excluding tert-OH is 1. The molecule has 5 heteroatoms. The lowest BCUT2D eigenvalue weighted by atomic mass is 10.2. The zero-order valence-corrected chi connectivity index (χ0v) is 7.41. The Bertz CT molecular complexity index is 279. The van der Waals surface area contributed by atoms with Crippen LogP contribution < -0.4 is 5.73 Å². The summed E-state index contributed by atoms with van der Waals surface area (Å²) in [6.07, 6.45) is 1.47. The largest absolute Gasteiger partial charge is 0.394 e. The van der Waals surface area contributed by atoms with Gasteiger partial charge in [0.2, 0.25) is 0 Å². The monoisotopic (exact) mass is 187 g/mol. The Morgan fingerprint density at radius 3 is 2.92 bits per heavy atom. The predicted octanol–water partition coefficient (Wildman–Crippen LogP) is 0.431. The third-order valence-corrected chi connectivity index (χ3v) is 1.85. The fourth-order valence-corrected chi connectivity index (χ4v) is 0.848. The number of rotatable bonds is 2. The highest BCUT2D eigenvalue weighted by atomic mass is 35.5. The SMILES string of the molecule is Cc1nc(C(N)CO)cnc1Cl. The van der Waals surface area contributed by atoms with Crippen molar-refractivity contribution in [2.75, 3.05) is 6.61 Å². The van der Waals surface area contributed by atoms with E-state index in [2.05, 4.69) is 9.97 Å². The molecule has 1 heterocycles. The fraction of sp³-hybridized carbons (Fsp3) is 0.429. The zero-order chi connectivity index (χ0) is 9.14. The van der Waals surface area contributed by atoms with E-state index in [1.54, 1.807) is 6.92 Å². The molecule has 1 aromatic rings. The molecule has 3 N–H and O–H groups in total. The lowest BCUT2D eigenvalue weighted by Crippen LogP contribution is -2.16. The molecule has 66 valence electrons. The average Bonchev–Trinajstić information content (AvgIpc) is 2.08. The van der Waals surface area contributed by atoms with Crippen LogP contribution in [0.25, 0.3) is 0 Å². The first-order valence-corrected chi connectivity index (χ1v) is 3.88. The summed E-state index contributed by atoms with van der Waals surface area (Å²) in [5.74, 6) is 0. The lowest BCUT2D eigenvalue weighted by Gasteiger charge is -2.07. The first-order valence-electron chi connectivity index (χ1n) is 3.50. The molecule has 0 aliphatic rings. The topological polar surface area (TPSA) is 72.0 Å². The van der Waals surface area contributed by atoms with E-state index in [0.717, 1.165) is 0 Å². The number of hydrogen-bond donors (Lipinski definition) is 2. The minimum atomic E-state index is -0.478. The number of aromatic nitrogens is 2. The number of hydrogen-bond acceptors (Lipinski definition) is 4. The molecular formula is C7H10ClN3O. The van der Waals surface area contributed by atoms with Gasteiger partial charge >= 0.3 is 0 Å². The van der Waals surface area contributed by atoms with Gasteiger partial charge in [-0.25, -0.2) is 4.98 Å². The van der Waals surface area contributed by atoms with Crippen molar-refractivity contribution in [3.8, 4) is 0 Å². The maximum atomic E-state index is 8.72. The van der Waals surface area contributed by atoms with Gasteiger partial charge in [0, 0.05) is 0 Å². The Balaban J connectivity index is 2.96. The highest BCUT2D eigenvalue weighted by Crippen LogP contribution is 2.11. The maximum Gasteiger partial charge on any atom is 0.150 e. The molecule has 4 nitrogen and oxygen atoms in total.